The van der Waals surface area contributed by atoms with Crippen LogP contribution in [0.2, 0.25) is 0 Å². The lowest BCUT2D eigenvalue weighted by Gasteiger charge is -2.36. The molecule has 0 spiro atoms. The summed E-state index contributed by atoms with van der Waals surface area (Å²) in [5.41, 5.74) is 1.43. The number of esters is 1. The van der Waals surface area contributed by atoms with Crippen molar-refractivity contribution in [1.29, 1.82) is 0 Å². The van der Waals surface area contributed by atoms with Crippen molar-refractivity contribution >= 4 is 35.1 Å². The molecule has 214 valence electrons. The molecule has 3 aromatic carbocycles. The van der Waals surface area contributed by atoms with Crippen LogP contribution in [0, 0.1) is 0 Å². The Morgan fingerprint density at radius 1 is 0.927 bits per heavy atom. The lowest BCUT2D eigenvalue weighted by molar-refractivity contribution is -0.139. The SMILES string of the molecule is CCCN1C(=O)N[C@H](c2ccc(NC(=O)Nc3cccc(C(F)(F)F)c3)cc2)C(C(=O)OCC)=C1c1ccccc1. The Balaban J connectivity index is 1.62. The summed E-state index contributed by atoms with van der Waals surface area (Å²) in [6.07, 6.45) is -3.88. The summed E-state index contributed by atoms with van der Waals surface area (Å²) < 4.78 is 44.3. The third-order valence-electron chi connectivity index (χ3n) is 6.27. The molecule has 0 saturated heterocycles. The topological polar surface area (TPSA) is 99.8 Å². The minimum atomic E-state index is -4.54. The minimum absolute atomic E-state index is 0.0202. The number of nitrogens with one attached hydrogen (secondary N) is 3. The molecule has 1 heterocycles. The Morgan fingerprint density at radius 3 is 2.24 bits per heavy atom. The van der Waals surface area contributed by atoms with Crippen LogP contribution in [0.3, 0.4) is 0 Å². The molecule has 1 atom stereocenters. The number of amides is 4. The van der Waals surface area contributed by atoms with Crippen LogP contribution in [0.25, 0.3) is 5.70 Å². The van der Waals surface area contributed by atoms with Crippen LogP contribution in [-0.4, -0.2) is 36.1 Å². The van der Waals surface area contributed by atoms with Gasteiger partial charge in [-0.1, -0.05) is 55.5 Å². The fraction of sp³-hybridized carbons (Fsp3) is 0.233. The van der Waals surface area contributed by atoms with E-state index in [0.717, 1.165) is 12.1 Å². The summed E-state index contributed by atoms with van der Waals surface area (Å²) in [7, 11) is 0. The number of rotatable bonds is 8. The van der Waals surface area contributed by atoms with E-state index in [-0.39, 0.29) is 23.9 Å². The maximum absolute atomic E-state index is 13.3. The third kappa shape index (κ3) is 6.86. The summed E-state index contributed by atoms with van der Waals surface area (Å²) >= 11 is 0. The molecule has 0 fully saturated rings. The Bertz CT molecular complexity index is 1440. The van der Waals surface area contributed by atoms with E-state index >= 15 is 0 Å². The molecule has 0 aromatic heterocycles. The van der Waals surface area contributed by atoms with Crippen molar-refractivity contribution < 1.29 is 32.3 Å². The van der Waals surface area contributed by atoms with Gasteiger partial charge in [-0.15, -0.1) is 0 Å². The Kier molecular flexibility index (Phi) is 8.96. The molecule has 1 aliphatic heterocycles. The molecule has 0 unspecified atom stereocenters. The van der Waals surface area contributed by atoms with Gasteiger partial charge in [-0.2, -0.15) is 13.2 Å². The number of alkyl halides is 3. The number of hydrogen-bond donors (Lipinski definition) is 3. The predicted octanol–water partition coefficient (Wildman–Crippen LogP) is 6.80. The first-order valence-corrected chi connectivity index (χ1v) is 13.0. The van der Waals surface area contributed by atoms with Crippen molar-refractivity contribution in [2.45, 2.75) is 32.5 Å². The molecule has 0 aliphatic carbocycles. The predicted molar refractivity (Wildman–Crippen MR) is 149 cm³/mol. The summed E-state index contributed by atoms with van der Waals surface area (Å²) in [4.78, 5) is 40.5. The van der Waals surface area contributed by atoms with E-state index in [9.17, 15) is 27.6 Å². The van der Waals surface area contributed by atoms with E-state index in [4.69, 9.17) is 4.74 Å². The summed E-state index contributed by atoms with van der Waals surface area (Å²) in [6, 6.07) is 17.9. The zero-order valence-electron chi connectivity index (χ0n) is 22.4. The molecular formula is C30H29F3N4O4. The number of halogens is 3. The van der Waals surface area contributed by atoms with Gasteiger partial charge in [0.2, 0.25) is 0 Å². The first-order chi connectivity index (χ1) is 19.6. The van der Waals surface area contributed by atoms with Gasteiger partial charge in [0.1, 0.15) is 0 Å². The van der Waals surface area contributed by atoms with Crippen molar-refractivity contribution in [2.24, 2.45) is 0 Å². The van der Waals surface area contributed by atoms with Gasteiger partial charge >= 0.3 is 24.2 Å². The Hall–Kier alpha value is -4.80. The van der Waals surface area contributed by atoms with Crippen LogP contribution in [0.5, 0.6) is 0 Å². The van der Waals surface area contributed by atoms with Gasteiger partial charge in [-0.3, -0.25) is 4.90 Å². The second-order valence-corrected chi connectivity index (χ2v) is 9.16. The molecule has 11 heteroatoms. The highest BCUT2D eigenvalue weighted by molar-refractivity contribution is 6.05. The highest BCUT2D eigenvalue weighted by Gasteiger charge is 2.38. The molecule has 4 amide bonds. The summed E-state index contributed by atoms with van der Waals surface area (Å²) in [5.74, 6) is -0.569. The van der Waals surface area contributed by atoms with Gasteiger partial charge in [0.25, 0.3) is 0 Å². The fourth-order valence-corrected chi connectivity index (χ4v) is 4.50. The van der Waals surface area contributed by atoms with Crippen LogP contribution in [0.1, 0.15) is 43.0 Å². The maximum Gasteiger partial charge on any atom is 0.416 e. The van der Waals surface area contributed by atoms with Crippen LogP contribution < -0.4 is 16.0 Å². The van der Waals surface area contributed by atoms with Crippen molar-refractivity contribution in [3.05, 3.63) is 101 Å². The summed E-state index contributed by atoms with van der Waals surface area (Å²) in [6.45, 7) is 4.16. The average Bonchev–Trinajstić information content (AvgIpc) is 2.94. The molecule has 3 aromatic rings. The highest BCUT2D eigenvalue weighted by Crippen LogP contribution is 2.37. The average molecular weight is 567 g/mol. The van der Waals surface area contributed by atoms with Gasteiger partial charge in [-0.05, 0) is 54.8 Å². The van der Waals surface area contributed by atoms with E-state index in [1.165, 1.54) is 17.0 Å². The number of nitrogens with zero attached hydrogens (tertiary/aromatic N) is 1. The Morgan fingerprint density at radius 2 is 1.61 bits per heavy atom. The first-order valence-electron chi connectivity index (χ1n) is 13.0. The zero-order valence-corrected chi connectivity index (χ0v) is 22.4. The number of hydrogen-bond acceptors (Lipinski definition) is 4. The monoisotopic (exact) mass is 566 g/mol. The molecule has 0 saturated carbocycles. The van der Waals surface area contributed by atoms with Gasteiger partial charge in [-0.25, -0.2) is 14.4 Å². The second kappa shape index (κ2) is 12.6. The largest absolute Gasteiger partial charge is 0.463 e. The van der Waals surface area contributed by atoms with Crippen molar-refractivity contribution in [1.82, 2.24) is 10.2 Å². The fourth-order valence-electron chi connectivity index (χ4n) is 4.50. The maximum atomic E-state index is 13.3. The van der Waals surface area contributed by atoms with E-state index in [1.807, 2.05) is 37.3 Å². The first kappa shape index (κ1) is 29.2. The van der Waals surface area contributed by atoms with Gasteiger partial charge in [0, 0.05) is 17.9 Å². The number of carbonyl (C=O) groups excluding carboxylic acids is 3. The smallest absolute Gasteiger partial charge is 0.416 e. The number of carbonyl (C=O) groups is 3. The number of ether oxygens (including phenoxy) is 1. The molecule has 0 bridgehead atoms. The Labute approximate surface area is 235 Å². The minimum Gasteiger partial charge on any atom is -0.463 e. The van der Waals surface area contributed by atoms with Crippen LogP contribution in [0.4, 0.5) is 34.1 Å². The third-order valence-corrected chi connectivity index (χ3v) is 6.27. The van der Waals surface area contributed by atoms with Crippen LogP contribution in [-0.2, 0) is 15.7 Å². The van der Waals surface area contributed by atoms with Crippen molar-refractivity contribution in [2.75, 3.05) is 23.8 Å². The molecular weight excluding hydrogens is 537 g/mol. The number of urea groups is 2. The van der Waals surface area contributed by atoms with Crippen LogP contribution in [0.15, 0.2) is 84.4 Å². The number of anilines is 2. The van der Waals surface area contributed by atoms with Crippen LogP contribution >= 0.6 is 0 Å². The van der Waals surface area contributed by atoms with Gasteiger partial charge < -0.3 is 20.7 Å². The summed E-state index contributed by atoms with van der Waals surface area (Å²) in [5, 5.41) is 7.86. The normalized spacial score (nSPS) is 15.3. The lowest BCUT2D eigenvalue weighted by atomic mass is 9.91. The zero-order chi connectivity index (χ0) is 29.6. The van der Waals surface area contributed by atoms with Gasteiger partial charge in [0.15, 0.2) is 0 Å². The van der Waals surface area contributed by atoms with Gasteiger partial charge in [0.05, 0.1) is 29.5 Å². The molecule has 0 radical (unpaired) electrons. The second-order valence-electron chi connectivity index (χ2n) is 9.16. The van der Waals surface area contributed by atoms with Crippen molar-refractivity contribution in [3.63, 3.8) is 0 Å². The van der Waals surface area contributed by atoms with E-state index < -0.39 is 29.8 Å². The highest BCUT2D eigenvalue weighted by atomic mass is 19.4. The molecule has 3 N–H and O–H groups in total. The lowest BCUT2D eigenvalue weighted by Crippen LogP contribution is -2.48. The standard InChI is InChI=1S/C30H29F3N4O4/c1-3-17-37-26(20-9-6-5-7-10-20)24(27(38)41-4-2)25(36-29(37)40)19-13-15-22(16-14-19)34-28(39)35-23-12-8-11-21(18-23)30(31,32)33/h5-16,18,25H,3-4,17H2,1-2H3,(H,36,40)(H2,34,35,39)/t25-/m1/s1. The molecule has 1 aliphatic rings. The molecule has 4 rings (SSSR count). The van der Waals surface area contributed by atoms with Crippen molar-refractivity contribution in [3.8, 4) is 0 Å². The van der Waals surface area contributed by atoms with E-state index in [0.29, 0.717) is 35.5 Å². The number of benzene rings is 3. The molecule has 41 heavy (non-hydrogen) atoms. The quantitative estimate of drug-likeness (QED) is 0.261. The van der Waals surface area contributed by atoms with E-state index in [2.05, 4.69) is 16.0 Å². The van der Waals surface area contributed by atoms with E-state index in [1.54, 1.807) is 31.2 Å². The molecule has 8 nitrogen and oxygen atoms in total.